The molecule has 0 spiro atoms. The molecule has 110 valence electrons. The molecule has 0 aliphatic carbocycles. The first-order valence-electron chi connectivity index (χ1n) is 6.39. The summed E-state index contributed by atoms with van der Waals surface area (Å²) in [6.07, 6.45) is 0. The second kappa shape index (κ2) is 7.15. The summed E-state index contributed by atoms with van der Waals surface area (Å²) >= 11 is 6.83. The second-order valence-electron chi connectivity index (χ2n) is 4.70. The number of rotatable bonds is 5. The van der Waals surface area contributed by atoms with Crippen molar-refractivity contribution >= 4 is 37.5 Å². The number of nitro groups is 1. The molecule has 0 saturated carbocycles. The van der Waals surface area contributed by atoms with Crippen LogP contribution < -0.4 is 5.32 Å². The van der Waals surface area contributed by atoms with Crippen LogP contribution in [-0.2, 0) is 6.54 Å². The van der Waals surface area contributed by atoms with E-state index < -0.39 is 0 Å². The second-order valence-corrected chi connectivity index (χ2v) is 6.47. The van der Waals surface area contributed by atoms with Gasteiger partial charge in [0.25, 0.3) is 5.69 Å². The number of non-ortho nitro benzene ring substituents is 1. The fraction of sp³-hybridized carbons (Fsp3) is 0.200. The lowest BCUT2D eigenvalue weighted by molar-refractivity contribution is -0.385. The fourth-order valence-corrected chi connectivity index (χ4v) is 3.20. The van der Waals surface area contributed by atoms with Crippen LogP contribution in [0, 0.1) is 10.1 Å². The monoisotopic (exact) mass is 412 g/mol. The van der Waals surface area contributed by atoms with Crippen molar-refractivity contribution in [2.24, 2.45) is 0 Å². The lowest BCUT2D eigenvalue weighted by atomic mass is 10.1. The van der Waals surface area contributed by atoms with Gasteiger partial charge in [-0.2, -0.15) is 0 Å². The quantitative estimate of drug-likeness (QED) is 0.556. The van der Waals surface area contributed by atoms with E-state index in [-0.39, 0.29) is 16.7 Å². The standard InChI is InChI=1S/C15H14Br2N2O2/c1-10(14-4-2-3-5-15(14)17)18-9-11-6-12(16)8-13(7-11)19(20)21/h2-8,10,18H,9H2,1H3/t10-/m0/s1. The summed E-state index contributed by atoms with van der Waals surface area (Å²) in [7, 11) is 0. The van der Waals surface area contributed by atoms with Crippen molar-refractivity contribution in [3.05, 3.63) is 72.7 Å². The molecule has 1 atom stereocenters. The lowest BCUT2D eigenvalue weighted by Crippen LogP contribution is -2.18. The Bertz CT molecular complexity index is 662. The molecule has 0 saturated heterocycles. The molecular weight excluding hydrogens is 400 g/mol. The third-order valence-corrected chi connectivity index (χ3v) is 4.32. The highest BCUT2D eigenvalue weighted by Gasteiger charge is 2.11. The largest absolute Gasteiger partial charge is 0.306 e. The molecule has 0 fully saturated rings. The molecule has 0 aliphatic heterocycles. The van der Waals surface area contributed by atoms with Crippen LogP contribution in [0.4, 0.5) is 5.69 Å². The zero-order valence-corrected chi connectivity index (χ0v) is 14.5. The molecule has 0 bridgehead atoms. The summed E-state index contributed by atoms with van der Waals surface area (Å²) in [5.41, 5.74) is 2.12. The Morgan fingerprint density at radius 1 is 1.24 bits per heavy atom. The van der Waals surface area contributed by atoms with E-state index in [1.54, 1.807) is 6.07 Å². The van der Waals surface area contributed by atoms with Crippen LogP contribution in [0.3, 0.4) is 0 Å². The summed E-state index contributed by atoms with van der Waals surface area (Å²) in [5, 5.41) is 14.2. The third-order valence-electron chi connectivity index (χ3n) is 3.14. The maximum absolute atomic E-state index is 10.9. The molecule has 0 unspecified atom stereocenters. The van der Waals surface area contributed by atoms with Crippen molar-refractivity contribution in [2.45, 2.75) is 19.5 Å². The molecule has 2 rings (SSSR count). The van der Waals surface area contributed by atoms with Crippen molar-refractivity contribution in [1.82, 2.24) is 5.32 Å². The minimum absolute atomic E-state index is 0.0923. The third kappa shape index (κ3) is 4.36. The van der Waals surface area contributed by atoms with Crippen molar-refractivity contribution in [1.29, 1.82) is 0 Å². The summed E-state index contributed by atoms with van der Waals surface area (Å²) in [6, 6.07) is 13.1. The van der Waals surface area contributed by atoms with Crippen LogP contribution in [0.1, 0.15) is 24.1 Å². The molecule has 0 amide bonds. The predicted octanol–water partition coefficient (Wildman–Crippen LogP) is 4.97. The van der Waals surface area contributed by atoms with Gasteiger partial charge in [-0.3, -0.25) is 10.1 Å². The van der Waals surface area contributed by atoms with E-state index in [0.717, 1.165) is 15.6 Å². The maximum atomic E-state index is 10.9. The number of nitrogens with one attached hydrogen (secondary N) is 1. The Morgan fingerprint density at radius 2 is 1.95 bits per heavy atom. The average molecular weight is 414 g/mol. The number of hydrogen-bond acceptors (Lipinski definition) is 3. The van der Waals surface area contributed by atoms with E-state index in [2.05, 4.69) is 44.1 Å². The fourth-order valence-electron chi connectivity index (χ4n) is 2.05. The van der Waals surface area contributed by atoms with Gasteiger partial charge in [0, 0.05) is 33.7 Å². The minimum Gasteiger partial charge on any atom is -0.306 e. The number of halogens is 2. The van der Waals surface area contributed by atoms with Crippen LogP contribution in [0.15, 0.2) is 51.4 Å². The molecule has 0 radical (unpaired) electrons. The maximum Gasteiger partial charge on any atom is 0.270 e. The molecule has 21 heavy (non-hydrogen) atoms. The molecule has 4 nitrogen and oxygen atoms in total. The molecule has 2 aromatic carbocycles. The van der Waals surface area contributed by atoms with Crippen molar-refractivity contribution < 1.29 is 4.92 Å². The first-order valence-corrected chi connectivity index (χ1v) is 7.97. The van der Waals surface area contributed by atoms with Crippen LogP contribution in [-0.4, -0.2) is 4.92 Å². The van der Waals surface area contributed by atoms with Gasteiger partial charge in [-0.15, -0.1) is 0 Å². The summed E-state index contributed by atoms with van der Waals surface area (Å²) in [6.45, 7) is 2.62. The van der Waals surface area contributed by atoms with Crippen molar-refractivity contribution in [2.75, 3.05) is 0 Å². The van der Waals surface area contributed by atoms with Gasteiger partial charge >= 0.3 is 0 Å². The first-order chi connectivity index (χ1) is 9.97. The topological polar surface area (TPSA) is 55.2 Å². The molecule has 0 heterocycles. The van der Waals surface area contributed by atoms with E-state index in [0.29, 0.717) is 11.0 Å². The highest BCUT2D eigenvalue weighted by Crippen LogP contribution is 2.24. The molecule has 0 aliphatic rings. The molecule has 1 N–H and O–H groups in total. The Balaban J connectivity index is 2.09. The van der Waals surface area contributed by atoms with E-state index in [9.17, 15) is 10.1 Å². The zero-order chi connectivity index (χ0) is 15.4. The normalized spacial score (nSPS) is 12.1. The van der Waals surface area contributed by atoms with E-state index in [1.807, 2.05) is 30.3 Å². The highest BCUT2D eigenvalue weighted by molar-refractivity contribution is 9.10. The van der Waals surface area contributed by atoms with E-state index >= 15 is 0 Å². The summed E-state index contributed by atoms with van der Waals surface area (Å²) < 4.78 is 1.76. The van der Waals surface area contributed by atoms with Gasteiger partial charge in [-0.05, 0) is 30.2 Å². The smallest absolute Gasteiger partial charge is 0.270 e. The highest BCUT2D eigenvalue weighted by atomic mass is 79.9. The van der Waals surface area contributed by atoms with Crippen molar-refractivity contribution in [3.8, 4) is 0 Å². The molecule has 0 aromatic heterocycles. The first kappa shape index (κ1) is 16.1. The lowest BCUT2D eigenvalue weighted by Gasteiger charge is -2.16. The van der Waals surface area contributed by atoms with Gasteiger partial charge in [0.05, 0.1) is 4.92 Å². The number of nitro benzene ring substituents is 1. The number of hydrogen-bond donors (Lipinski definition) is 1. The van der Waals surface area contributed by atoms with Crippen LogP contribution in [0.2, 0.25) is 0 Å². The number of nitrogens with zero attached hydrogens (tertiary/aromatic N) is 1. The Hall–Kier alpha value is -1.24. The Labute approximate surface area is 140 Å². The van der Waals surface area contributed by atoms with Crippen LogP contribution >= 0.6 is 31.9 Å². The van der Waals surface area contributed by atoms with E-state index in [1.165, 1.54) is 6.07 Å². The zero-order valence-electron chi connectivity index (χ0n) is 11.3. The van der Waals surface area contributed by atoms with Gasteiger partial charge in [0.15, 0.2) is 0 Å². The molecule has 2 aromatic rings. The van der Waals surface area contributed by atoms with Gasteiger partial charge < -0.3 is 5.32 Å². The van der Waals surface area contributed by atoms with Crippen LogP contribution in [0.25, 0.3) is 0 Å². The summed E-state index contributed by atoms with van der Waals surface area (Å²) in [5.74, 6) is 0. The Kier molecular flexibility index (Phi) is 5.50. The van der Waals surface area contributed by atoms with Gasteiger partial charge in [-0.25, -0.2) is 0 Å². The molecular formula is C15H14Br2N2O2. The minimum atomic E-state index is -0.383. The van der Waals surface area contributed by atoms with Crippen molar-refractivity contribution in [3.63, 3.8) is 0 Å². The van der Waals surface area contributed by atoms with Gasteiger partial charge in [0.1, 0.15) is 0 Å². The molecule has 6 heteroatoms. The SMILES string of the molecule is C[C@H](NCc1cc(Br)cc([N+](=O)[O-])c1)c1ccccc1Br. The predicted molar refractivity (Wildman–Crippen MR) is 90.2 cm³/mol. The number of benzene rings is 2. The van der Waals surface area contributed by atoms with Gasteiger partial charge in [0.2, 0.25) is 0 Å². The van der Waals surface area contributed by atoms with Crippen LogP contribution in [0.5, 0.6) is 0 Å². The average Bonchev–Trinajstić information content (AvgIpc) is 2.44. The van der Waals surface area contributed by atoms with Gasteiger partial charge in [-0.1, -0.05) is 50.1 Å². The Morgan fingerprint density at radius 3 is 2.62 bits per heavy atom. The summed E-state index contributed by atoms with van der Waals surface area (Å²) in [4.78, 5) is 10.5. The van der Waals surface area contributed by atoms with E-state index in [4.69, 9.17) is 0 Å².